The second-order valence-electron chi connectivity index (χ2n) is 5.71. The molecule has 0 aromatic carbocycles. The van der Waals surface area contributed by atoms with E-state index in [4.69, 9.17) is 4.99 Å². The maximum absolute atomic E-state index is 4.77. The van der Waals surface area contributed by atoms with Gasteiger partial charge >= 0.3 is 0 Å². The highest BCUT2D eigenvalue weighted by Gasteiger charge is 2.18. The van der Waals surface area contributed by atoms with Crippen LogP contribution in [-0.4, -0.2) is 75.0 Å². The minimum atomic E-state index is 0. The Morgan fingerprint density at radius 3 is 2.05 bits per heavy atom. The van der Waals surface area contributed by atoms with Gasteiger partial charge in [-0.1, -0.05) is 6.92 Å². The molecule has 1 aliphatic rings. The zero-order chi connectivity index (χ0) is 13.5. The van der Waals surface area contributed by atoms with Crippen LogP contribution in [0.4, 0.5) is 0 Å². The molecule has 1 rings (SSSR count). The largest absolute Gasteiger partial charge is 0.349 e. The summed E-state index contributed by atoms with van der Waals surface area (Å²) in [5, 5.41) is 0. The van der Waals surface area contributed by atoms with E-state index in [0.717, 1.165) is 18.4 Å². The molecule has 0 amide bonds. The molecular weight excluding hydrogens is 351 g/mol. The van der Waals surface area contributed by atoms with Gasteiger partial charge in [-0.15, -0.1) is 24.0 Å². The van der Waals surface area contributed by atoms with Crippen LogP contribution in [0.3, 0.4) is 0 Å². The molecule has 0 atom stereocenters. The van der Waals surface area contributed by atoms with Crippen molar-refractivity contribution in [2.45, 2.75) is 26.2 Å². The molecule has 0 bridgehead atoms. The predicted octanol–water partition coefficient (Wildman–Crippen LogP) is 2.21. The predicted molar refractivity (Wildman–Crippen MR) is 94.5 cm³/mol. The lowest BCUT2D eigenvalue weighted by Crippen LogP contribution is -2.37. The molecule has 0 unspecified atom stereocenters. The van der Waals surface area contributed by atoms with Gasteiger partial charge in [0.2, 0.25) is 0 Å². The van der Waals surface area contributed by atoms with Crippen LogP contribution < -0.4 is 0 Å². The van der Waals surface area contributed by atoms with E-state index in [0.29, 0.717) is 0 Å². The number of nitrogens with zero attached hydrogens (tertiary/aromatic N) is 4. The zero-order valence-corrected chi connectivity index (χ0v) is 15.6. The van der Waals surface area contributed by atoms with Gasteiger partial charge in [0.25, 0.3) is 0 Å². The lowest BCUT2D eigenvalue weighted by atomic mass is 9.97. The topological polar surface area (TPSA) is 22.1 Å². The lowest BCUT2D eigenvalue weighted by Gasteiger charge is -2.31. The first kappa shape index (κ1) is 19.0. The van der Waals surface area contributed by atoms with Crippen molar-refractivity contribution in [3.8, 4) is 0 Å². The molecule has 5 heteroatoms. The van der Waals surface area contributed by atoms with Gasteiger partial charge in [0.05, 0.1) is 0 Å². The number of halogens is 1. The zero-order valence-electron chi connectivity index (χ0n) is 13.2. The molecule has 1 aliphatic heterocycles. The fourth-order valence-corrected chi connectivity index (χ4v) is 2.60. The van der Waals surface area contributed by atoms with E-state index in [1.807, 2.05) is 0 Å². The van der Waals surface area contributed by atoms with E-state index in [1.165, 1.54) is 38.9 Å². The minimum absolute atomic E-state index is 0. The van der Waals surface area contributed by atoms with Crippen LogP contribution in [0.1, 0.15) is 26.2 Å². The Kier molecular flexibility index (Phi) is 9.78. The molecule has 114 valence electrons. The molecule has 1 saturated heterocycles. The number of likely N-dealkylation sites (tertiary alicyclic amines) is 1. The van der Waals surface area contributed by atoms with Crippen molar-refractivity contribution in [2.24, 2.45) is 10.9 Å². The van der Waals surface area contributed by atoms with Crippen molar-refractivity contribution in [1.29, 1.82) is 0 Å². The lowest BCUT2D eigenvalue weighted by molar-refractivity contribution is 0.188. The van der Waals surface area contributed by atoms with Crippen LogP contribution >= 0.6 is 24.0 Å². The quantitative estimate of drug-likeness (QED) is 0.423. The van der Waals surface area contributed by atoms with Gasteiger partial charge in [-0.3, -0.25) is 4.99 Å². The molecule has 1 fully saturated rings. The van der Waals surface area contributed by atoms with Gasteiger partial charge in [0.15, 0.2) is 5.96 Å². The SMILES string of the molecule is CCCN1CCC(CN=C(N(C)C)N(C)C)CC1.I. The summed E-state index contributed by atoms with van der Waals surface area (Å²) in [6.07, 6.45) is 3.88. The van der Waals surface area contributed by atoms with E-state index in [-0.39, 0.29) is 24.0 Å². The average molecular weight is 382 g/mol. The van der Waals surface area contributed by atoms with Crippen LogP contribution in [0, 0.1) is 5.92 Å². The number of hydrogen-bond acceptors (Lipinski definition) is 2. The summed E-state index contributed by atoms with van der Waals surface area (Å²) in [4.78, 5) is 11.5. The molecular formula is C14H31IN4. The molecule has 4 nitrogen and oxygen atoms in total. The average Bonchev–Trinajstić information content (AvgIpc) is 2.31. The van der Waals surface area contributed by atoms with Crippen LogP contribution in [0.2, 0.25) is 0 Å². The van der Waals surface area contributed by atoms with Gasteiger partial charge in [-0.25, -0.2) is 0 Å². The molecule has 0 saturated carbocycles. The fraction of sp³-hybridized carbons (Fsp3) is 0.929. The summed E-state index contributed by atoms with van der Waals surface area (Å²) < 4.78 is 0. The second kappa shape index (κ2) is 9.80. The summed E-state index contributed by atoms with van der Waals surface area (Å²) in [5.41, 5.74) is 0. The highest BCUT2D eigenvalue weighted by atomic mass is 127. The number of piperidine rings is 1. The monoisotopic (exact) mass is 382 g/mol. The molecule has 19 heavy (non-hydrogen) atoms. The third-order valence-corrected chi connectivity index (χ3v) is 3.54. The summed E-state index contributed by atoms with van der Waals surface area (Å²) in [6, 6.07) is 0. The maximum atomic E-state index is 4.77. The van der Waals surface area contributed by atoms with E-state index >= 15 is 0 Å². The van der Waals surface area contributed by atoms with E-state index in [1.54, 1.807) is 0 Å². The number of guanidine groups is 1. The highest BCUT2D eigenvalue weighted by molar-refractivity contribution is 14.0. The Bertz CT molecular complexity index is 248. The molecule has 0 N–H and O–H groups in total. The van der Waals surface area contributed by atoms with Gasteiger partial charge < -0.3 is 14.7 Å². The normalized spacial score (nSPS) is 16.7. The first-order chi connectivity index (χ1) is 8.54. The smallest absolute Gasteiger partial charge is 0.195 e. The Morgan fingerprint density at radius 1 is 1.11 bits per heavy atom. The van der Waals surface area contributed by atoms with Crippen molar-refractivity contribution in [1.82, 2.24) is 14.7 Å². The number of aliphatic imine (C=N–C) groups is 1. The van der Waals surface area contributed by atoms with E-state index < -0.39 is 0 Å². The van der Waals surface area contributed by atoms with Gasteiger partial charge in [0.1, 0.15) is 0 Å². The van der Waals surface area contributed by atoms with Gasteiger partial charge in [-0.05, 0) is 44.8 Å². The van der Waals surface area contributed by atoms with Crippen molar-refractivity contribution in [3.63, 3.8) is 0 Å². The third-order valence-electron chi connectivity index (χ3n) is 3.54. The van der Waals surface area contributed by atoms with Crippen molar-refractivity contribution in [3.05, 3.63) is 0 Å². The number of hydrogen-bond donors (Lipinski definition) is 0. The van der Waals surface area contributed by atoms with Crippen molar-refractivity contribution < 1.29 is 0 Å². The van der Waals surface area contributed by atoms with E-state index in [9.17, 15) is 0 Å². The summed E-state index contributed by atoms with van der Waals surface area (Å²) in [6.45, 7) is 7.01. The highest BCUT2D eigenvalue weighted by Crippen LogP contribution is 2.17. The second-order valence-corrected chi connectivity index (χ2v) is 5.71. The summed E-state index contributed by atoms with van der Waals surface area (Å²) >= 11 is 0. The van der Waals surface area contributed by atoms with Crippen LogP contribution in [0.5, 0.6) is 0 Å². The van der Waals surface area contributed by atoms with E-state index in [2.05, 4.69) is 49.8 Å². The van der Waals surface area contributed by atoms with Crippen LogP contribution in [0.15, 0.2) is 4.99 Å². The fourth-order valence-electron chi connectivity index (χ4n) is 2.60. The molecule has 0 aromatic rings. The Labute approximate surface area is 136 Å². The maximum Gasteiger partial charge on any atom is 0.195 e. The van der Waals surface area contributed by atoms with Crippen LogP contribution in [-0.2, 0) is 0 Å². The third kappa shape index (κ3) is 6.79. The molecule has 0 radical (unpaired) electrons. The molecule has 0 aromatic heterocycles. The first-order valence-corrected chi connectivity index (χ1v) is 7.16. The Hall–Kier alpha value is -0.0400. The summed E-state index contributed by atoms with van der Waals surface area (Å²) in [5.74, 6) is 1.85. The molecule has 0 aliphatic carbocycles. The summed E-state index contributed by atoms with van der Waals surface area (Å²) in [7, 11) is 8.23. The Morgan fingerprint density at radius 2 is 1.63 bits per heavy atom. The van der Waals surface area contributed by atoms with Crippen molar-refractivity contribution in [2.75, 3.05) is 54.4 Å². The number of rotatable bonds is 4. The first-order valence-electron chi connectivity index (χ1n) is 7.16. The standard InChI is InChI=1S/C14H30N4.HI/c1-6-9-18-10-7-13(8-11-18)12-15-14(16(2)3)17(4)5;/h13H,6-12H2,1-5H3;1H. The van der Waals surface area contributed by atoms with Gasteiger partial charge in [-0.2, -0.15) is 0 Å². The Balaban J connectivity index is 0.00000324. The molecule has 1 heterocycles. The molecule has 0 spiro atoms. The van der Waals surface area contributed by atoms with Gasteiger partial charge in [0, 0.05) is 34.7 Å². The minimum Gasteiger partial charge on any atom is -0.349 e. The van der Waals surface area contributed by atoms with Crippen molar-refractivity contribution >= 4 is 29.9 Å². The van der Waals surface area contributed by atoms with Crippen LogP contribution in [0.25, 0.3) is 0 Å².